The number of imidazole rings is 1. The number of nitro benzene ring substituents is 1. The molecule has 0 N–H and O–H groups in total. The number of carbonyl (C=O) groups is 1. The predicted octanol–water partition coefficient (Wildman–Crippen LogP) is 2.25. The number of aryl methyl sites for hydroxylation is 1. The van der Waals surface area contributed by atoms with Crippen LogP contribution in [0.4, 0.5) is 11.4 Å². The Balaban J connectivity index is 1.49. The van der Waals surface area contributed by atoms with Crippen molar-refractivity contribution >= 4 is 29.0 Å². The number of carbonyl (C=O) groups excluding carboxylic acids is 1. The Morgan fingerprint density at radius 3 is 2.54 bits per heavy atom. The maximum absolute atomic E-state index is 12.4. The number of anilines is 1. The van der Waals surface area contributed by atoms with Crippen LogP contribution in [-0.4, -0.2) is 57.2 Å². The molecule has 1 aliphatic heterocycles. The van der Waals surface area contributed by atoms with Gasteiger partial charge in [0, 0.05) is 62.9 Å². The van der Waals surface area contributed by atoms with Crippen LogP contribution < -0.4 is 4.90 Å². The standard InChI is InChI=1S/C17H21N5O3S/c1-2-19-8-7-18-17(19)26-13-16(23)21-11-9-20(10-12-21)14-3-5-15(6-4-14)22(24)25/h3-8H,2,9-13H2,1H3. The fraction of sp³-hybridized carbons (Fsp3) is 0.412. The molecule has 8 nitrogen and oxygen atoms in total. The number of aromatic nitrogens is 2. The summed E-state index contributed by atoms with van der Waals surface area (Å²) in [5, 5.41) is 11.6. The lowest BCUT2D eigenvalue weighted by atomic mass is 10.2. The summed E-state index contributed by atoms with van der Waals surface area (Å²) in [6, 6.07) is 6.55. The highest BCUT2D eigenvalue weighted by atomic mass is 32.2. The van der Waals surface area contributed by atoms with Gasteiger partial charge in [-0.3, -0.25) is 14.9 Å². The van der Waals surface area contributed by atoms with Crippen molar-refractivity contribution in [3.63, 3.8) is 0 Å². The predicted molar refractivity (Wildman–Crippen MR) is 101 cm³/mol. The average Bonchev–Trinajstić information content (AvgIpc) is 3.14. The van der Waals surface area contributed by atoms with Gasteiger partial charge in [0.25, 0.3) is 5.69 Å². The zero-order chi connectivity index (χ0) is 18.5. The van der Waals surface area contributed by atoms with E-state index >= 15 is 0 Å². The summed E-state index contributed by atoms with van der Waals surface area (Å²) in [6.45, 7) is 5.63. The van der Waals surface area contributed by atoms with Gasteiger partial charge in [0.1, 0.15) is 0 Å². The van der Waals surface area contributed by atoms with E-state index in [0.717, 1.165) is 30.5 Å². The van der Waals surface area contributed by atoms with E-state index in [2.05, 4.69) is 9.88 Å². The van der Waals surface area contributed by atoms with Crippen molar-refractivity contribution in [2.75, 3.05) is 36.8 Å². The molecule has 1 fully saturated rings. The number of nitrogens with zero attached hydrogens (tertiary/aromatic N) is 5. The normalized spacial score (nSPS) is 14.5. The van der Waals surface area contributed by atoms with Crippen LogP contribution in [0.15, 0.2) is 41.8 Å². The number of amides is 1. The van der Waals surface area contributed by atoms with Crippen LogP contribution in [-0.2, 0) is 11.3 Å². The van der Waals surface area contributed by atoms with Gasteiger partial charge in [0.15, 0.2) is 5.16 Å². The third-order valence-electron chi connectivity index (χ3n) is 4.40. The number of rotatable bonds is 6. The van der Waals surface area contributed by atoms with E-state index in [1.165, 1.54) is 23.9 Å². The molecule has 9 heteroatoms. The Labute approximate surface area is 155 Å². The summed E-state index contributed by atoms with van der Waals surface area (Å²) in [4.78, 5) is 31.0. The molecular weight excluding hydrogens is 354 g/mol. The zero-order valence-corrected chi connectivity index (χ0v) is 15.4. The van der Waals surface area contributed by atoms with Gasteiger partial charge in [-0.05, 0) is 19.1 Å². The number of nitro groups is 1. The molecule has 0 atom stereocenters. The molecule has 2 heterocycles. The third kappa shape index (κ3) is 4.16. The molecule has 1 aliphatic rings. The smallest absolute Gasteiger partial charge is 0.269 e. The van der Waals surface area contributed by atoms with Crippen LogP contribution in [0.5, 0.6) is 0 Å². The van der Waals surface area contributed by atoms with Crippen molar-refractivity contribution in [3.8, 4) is 0 Å². The summed E-state index contributed by atoms with van der Waals surface area (Å²) in [6.07, 6.45) is 3.66. The first-order valence-corrected chi connectivity index (χ1v) is 9.48. The van der Waals surface area contributed by atoms with E-state index in [4.69, 9.17) is 0 Å². The van der Waals surface area contributed by atoms with Crippen LogP contribution in [0.3, 0.4) is 0 Å². The summed E-state index contributed by atoms with van der Waals surface area (Å²) >= 11 is 1.46. The van der Waals surface area contributed by atoms with Crippen molar-refractivity contribution in [1.29, 1.82) is 0 Å². The summed E-state index contributed by atoms with van der Waals surface area (Å²) < 4.78 is 2.02. The second-order valence-corrected chi connectivity index (χ2v) is 6.87. The Bertz CT molecular complexity index is 769. The van der Waals surface area contributed by atoms with Crippen molar-refractivity contribution in [2.45, 2.75) is 18.6 Å². The lowest BCUT2D eigenvalue weighted by molar-refractivity contribution is -0.384. The summed E-state index contributed by atoms with van der Waals surface area (Å²) in [5.41, 5.74) is 1.03. The first-order chi connectivity index (χ1) is 12.6. The topological polar surface area (TPSA) is 84.5 Å². The van der Waals surface area contributed by atoms with E-state index < -0.39 is 4.92 Å². The quantitative estimate of drug-likeness (QED) is 0.437. The van der Waals surface area contributed by atoms with Gasteiger partial charge in [0.2, 0.25) is 5.91 Å². The number of hydrogen-bond acceptors (Lipinski definition) is 6. The van der Waals surface area contributed by atoms with E-state index in [0.29, 0.717) is 18.8 Å². The van der Waals surface area contributed by atoms with Gasteiger partial charge in [-0.25, -0.2) is 4.98 Å². The van der Waals surface area contributed by atoms with Crippen molar-refractivity contribution < 1.29 is 9.72 Å². The highest BCUT2D eigenvalue weighted by Crippen LogP contribution is 2.21. The summed E-state index contributed by atoms with van der Waals surface area (Å²) in [7, 11) is 0. The molecule has 0 bridgehead atoms. The van der Waals surface area contributed by atoms with Gasteiger partial charge in [0.05, 0.1) is 10.7 Å². The molecule has 0 aliphatic carbocycles. The van der Waals surface area contributed by atoms with Crippen LogP contribution >= 0.6 is 11.8 Å². The molecule has 1 amide bonds. The first kappa shape index (κ1) is 18.2. The SMILES string of the molecule is CCn1ccnc1SCC(=O)N1CCN(c2ccc([N+](=O)[O-])cc2)CC1. The maximum Gasteiger partial charge on any atom is 0.269 e. The number of thioether (sulfide) groups is 1. The van der Waals surface area contributed by atoms with Gasteiger partial charge in [-0.15, -0.1) is 0 Å². The van der Waals surface area contributed by atoms with Crippen LogP contribution in [0.25, 0.3) is 0 Å². The molecule has 0 spiro atoms. The minimum Gasteiger partial charge on any atom is -0.368 e. The van der Waals surface area contributed by atoms with Gasteiger partial charge in [-0.1, -0.05) is 11.8 Å². The molecule has 2 aromatic rings. The number of piperazine rings is 1. The zero-order valence-electron chi connectivity index (χ0n) is 14.6. The second kappa shape index (κ2) is 8.22. The molecule has 26 heavy (non-hydrogen) atoms. The van der Waals surface area contributed by atoms with Crippen molar-refractivity contribution in [1.82, 2.24) is 14.5 Å². The lowest BCUT2D eigenvalue weighted by Gasteiger charge is -2.36. The molecular formula is C17H21N5O3S. The first-order valence-electron chi connectivity index (χ1n) is 8.49. The molecule has 0 saturated carbocycles. The van der Waals surface area contributed by atoms with E-state index in [9.17, 15) is 14.9 Å². The van der Waals surface area contributed by atoms with Gasteiger partial charge < -0.3 is 14.4 Å². The highest BCUT2D eigenvalue weighted by molar-refractivity contribution is 7.99. The van der Waals surface area contributed by atoms with Gasteiger partial charge in [-0.2, -0.15) is 0 Å². The Morgan fingerprint density at radius 2 is 1.92 bits per heavy atom. The van der Waals surface area contributed by atoms with E-state index in [1.807, 2.05) is 22.6 Å². The Hall–Kier alpha value is -2.55. The fourth-order valence-corrected chi connectivity index (χ4v) is 3.82. The van der Waals surface area contributed by atoms with Crippen LogP contribution in [0.2, 0.25) is 0 Å². The highest BCUT2D eigenvalue weighted by Gasteiger charge is 2.22. The Kier molecular flexibility index (Phi) is 5.77. The molecule has 3 rings (SSSR count). The van der Waals surface area contributed by atoms with E-state index in [-0.39, 0.29) is 11.6 Å². The third-order valence-corrected chi connectivity index (χ3v) is 5.39. The lowest BCUT2D eigenvalue weighted by Crippen LogP contribution is -2.49. The minimum absolute atomic E-state index is 0.0880. The largest absolute Gasteiger partial charge is 0.368 e. The molecule has 0 unspecified atom stereocenters. The molecule has 138 valence electrons. The monoisotopic (exact) mass is 375 g/mol. The minimum atomic E-state index is -0.401. The second-order valence-electron chi connectivity index (χ2n) is 5.93. The number of hydrogen-bond donors (Lipinski definition) is 0. The van der Waals surface area contributed by atoms with Crippen LogP contribution in [0, 0.1) is 10.1 Å². The molecule has 1 saturated heterocycles. The Morgan fingerprint density at radius 1 is 1.23 bits per heavy atom. The average molecular weight is 375 g/mol. The molecule has 1 aromatic carbocycles. The van der Waals surface area contributed by atoms with E-state index in [1.54, 1.807) is 18.3 Å². The van der Waals surface area contributed by atoms with Crippen LogP contribution in [0.1, 0.15) is 6.92 Å². The van der Waals surface area contributed by atoms with Gasteiger partial charge >= 0.3 is 0 Å². The number of benzene rings is 1. The number of non-ortho nitro benzene ring substituents is 1. The summed E-state index contributed by atoms with van der Waals surface area (Å²) in [5.74, 6) is 0.498. The molecule has 0 radical (unpaired) electrons. The van der Waals surface area contributed by atoms with Crippen molar-refractivity contribution in [3.05, 3.63) is 46.8 Å². The maximum atomic E-state index is 12.4. The fourth-order valence-electron chi connectivity index (χ4n) is 2.89. The molecule has 1 aromatic heterocycles. The van der Waals surface area contributed by atoms with Crippen molar-refractivity contribution in [2.24, 2.45) is 0 Å².